The van der Waals surface area contributed by atoms with Crippen LogP contribution < -0.4 is 0 Å². The van der Waals surface area contributed by atoms with Crippen LogP contribution >= 0.6 is 0 Å². The predicted octanol–water partition coefficient (Wildman–Crippen LogP) is -0.0613. The minimum Gasteiger partial charge on any atom is -1.00 e. The fourth-order valence-corrected chi connectivity index (χ4v) is 0. The Morgan fingerprint density at radius 2 is 1.71 bits per heavy atom. The molecule has 0 spiro atoms. The van der Waals surface area contributed by atoms with Crippen molar-refractivity contribution in [2.45, 2.75) is 6.92 Å². The van der Waals surface area contributed by atoms with Gasteiger partial charge in [0.15, 0.2) is 0 Å². The molecule has 0 unspecified atom stereocenters. The Hall–Kier alpha value is 0.730. The summed E-state index contributed by atoms with van der Waals surface area (Å²) in [5.74, 6) is 0.0926. The molecule has 0 aliphatic heterocycles. The Labute approximate surface area is 76.8 Å². The Kier molecular flexibility index (Phi) is 7.43. The zero-order valence-corrected chi connectivity index (χ0v) is 7.27. The third-order valence-corrected chi connectivity index (χ3v) is 0.630. The van der Waals surface area contributed by atoms with Gasteiger partial charge in [-0.05, 0) is 0 Å². The van der Waals surface area contributed by atoms with E-state index in [1.54, 1.807) is 14.1 Å². The summed E-state index contributed by atoms with van der Waals surface area (Å²) >= 11 is 0. The van der Waals surface area contributed by atoms with Gasteiger partial charge in [-0.2, -0.15) is 0 Å². The van der Waals surface area contributed by atoms with Gasteiger partial charge in [-0.3, -0.25) is 4.79 Å². The Balaban J connectivity index is -0.0000000417. The van der Waals surface area contributed by atoms with E-state index in [2.05, 4.69) is 0 Å². The van der Waals surface area contributed by atoms with Crippen LogP contribution in [0.25, 0.3) is 0 Å². The molecule has 0 rings (SSSR count). The van der Waals surface area contributed by atoms with E-state index in [1.807, 2.05) is 0 Å². The molecule has 0 atom stereocenters. The summed E-state index contributed by atoms with van der Waals surface area (Å²) in [4.78, 5) is 11.6. The normalized spacial score (nSPS) is 6.71. The molecule has 0 aliphatic rings. The van der Waals surface area contributed by atoms with Gasteiger partial charge in [0.25, 0.3) is 0 Å². The molecule has 0 aromatic heterocycles. The van der Waals surface area contributed by atoms with Crippen molar-refractivity contribution in [1.82, 2.24) is 4.90 Å². The number of hydrogen-bond donors (Lipinski definition) is 0. The Morgan fingerprint density at radius 3 is 1.71 bits per heavy atom. The summed E-state index contributed by atoms with van der Waals surface area (Å²) < 4.78 is 0. The SMILES string of the molecule is CC(=O)N(C)C.[Ca+2].[H-].[H-]. The van der Waals surface area contributed by atoms with Crippen molar-refractivity contribution in [3.63, 3.8) is 0 Å². The van der Waals surface area contributed by atoms with E-state index in [0.29, 0.717) is 0 Å². The zero-order chi connectivity index (χ0) is 5.15. The molecule has 0 aromatic rings. The maximum absolute atomic E-state index is 10.1. The van der Waals surface area contributed by atoms with Crippen LogP contribution in [0.3, 0.4) is 0 Å². The Morgan fingerprint density at radius 1 is 1.57 bits per heavy atom. The number of nitrogens with zero attached hydrogens (tertiary/aromatic N) is 1. The molecule has 0 N–H and O–H groups in total. The minimum absolute atomic E-state index is 0. The van der Waals surface area contributed by atoms with Crippen LogP contribution in [0.2, 0.25) is 0 Å². The van der Waals surface area contributed by atoms with Crippen LogP contribution in [-0.4, -0.2) is 62.6 Å². The van der Waals surface area contributed by atoms with Gasteiger partial charge in [-0.15, -0.1) is 0 Å². The van der Waals surface area contributed by atoms with Gasteiger partial charge < -0.3 is 7.75 Å². The van der Waals surface area contributed by atoms with Crippen LogP contribution in [0.1, 0.15) is 9.78 Å². The molecule has 0 saturated carbocycles. The van der Waals surface area contributed by atoms with E-state index in [1.165, 1.54) is 11.8 Å². The molecule has 0 aromatic carbocycles. The van der Waals surface area contributed by atoms with Crippen LogP contribution in [0.4, 0.5) is 0 Å². The second-order valence-electron chi connectivity index (χ2n) is 1.41. The predicted molar refractivity (Wildman–Crippen MR) is 32.3 cm³/mol. The van der Waals surface area contributed by atoms with Gasteiger partial charge in [-0.1, -0.05) is 0 Å². The second kappa shape index (κ2) is 4.88. The topological polar surface area (TPSA) is 20.3 Å². The van der Waals surface area contributed by atoms with Crippen molar-refractivity contribution in [2.24, 2.45) is 0 Å². The zero-order valence-electron chi connectivity index (χ0n) is 7.06. The fourth-order valence-electron chi connectivity index (χ4n) is 0. The Bertz CT molecular complexity index is 69.6. The second-order valence-corrected chi connectivity index (χ2v) is 1.41. The molecule has 7 heavy (non-hydrogen) atoms. The van der Waals surface area contributed by atoms with Gasteiger partial charge in [0, 0.05) is 21.0 Å². The average molecular weight is 129 g/mol. The summed E-state index contributed by atoms with van der Waals surface area (Å²) in [7, 11) is 3.45. The van der Waals surface area contributed by atoms with Gasteiger partial charge >= 0.3 is 37.7 Å². The molecule has 0 bridgehead atoms. The maximum atomic E-state index is 10.1. The standard InChI is InChI=1S/C4H9NO.Ca.2H/c1-4(6)5(2)3;;;/h1-3H3;;;/q;+2;2*-1. The third-order valence-electron chi connectivity index (χ3n) is 0.630. The molecular formula is C4H11CaNO. The monoisotopic (exact) mass is 129 g/mol. The number of carbonyl (C=O) groups is 1. The molecule has 0 radical (unpaired) electrons. The van der Waals surface area contributed by atoms with E-state index >= 15 is 0 Å². The summed E-state index contributed by atoms with van der Waals surface area (Å²) in [6, 6.07) is 0. The van der Waals surface area contributed by atoms with Crippen LogP contribution in [-0.2, 0) is 4.79 Å². The van der Waals surface area contributed by atoms with E-state index in [4.69, 9.17) is 0 Å². The van der Waals surface area contributed by atoms with Gasteiger partial charge in [0.05, 0.1) is 0 Å². The number of rotatable bonds is 0. The summed E-state index contributed by atoms with van der Waals surface area (Å²) in [6.45, 7) is 1.53. The van der Waals surface area contributed by atoms with E-state index < -0.39 is 0 Å². The summed E-state index contributed by atoms with van der Waals surface area (Å²) in [6.07, 6.45) is 0. The van der Waals surface area contributed by atoms with Crippen molar-refractivity contribution in [1.29, 1.82) is 0 Å². The van der Waals surface area contributed by atoms with Crippen molar-refractivity contribution in [2.75, 3.05) is 14.1 Å². The molecule has 2 nitrogen and oxygen atoms in total. The largest absolute Gasteiger partial charge is 2.00 e. The first-order valence-electron chi connectivity index (χ1n) is 1.82. The molecule has 40 valence electrons. The average Bonchev–Trinajstić information content (AvgIpc) is 1.36. The quantitative estimate of drug-likeness (QED) is 0.420. The van der Waals surface area contributed by atoms with Gasteiger partial charge in [-0.25, -0.2) is 0 Å². The molecule has 0 heterocycles. The summed E-state index contributed by atoms with van der Waals surface area (Å²) in [5.41, 5.74) is 0. The van der Waals surface area contributed by atoms with Crippen molar-refractivity contribution < 1.29 is 7.65 Å². The smallest absolute Gasteiger partial charge is 1.00 e. The van der Waals surface area contributed by atoms with E-state index in [0.717, 1.165) is 0 Å². The van der Waals surface area contributed by atoms with E-state index in [-0.39, 0.29) is 46.5 Å². The number of carbonyl (C=O) groups excluding carboxylic acids is 1. The van der Waals surface area contributed by atoms with Crippen molar-refractivity contribution >= 4 is 43.6 Å². The number of amides is 1. The van der Waals surface area contributed by atoms with Gasteiger partial charge in [0.1, 0.15) is 0 Å². The molecule has 0 saturated heterocycles. The molecule has 0 fully saturated rings. The summed E-state index contributed by atoms with van der Waals surface area (Å²) in [5, 5.41) is 0. The molecule has 1 amide bonds. The first-order valence-corrected chi connectivity index (χ1v) is 1.82. The van der Waals surface area contributed by atoms with Gasteiger partial charge in [0.2, 0.25) is 5.91 Å². The number of hydrogen-bond acceptors (Lipinski definition) is 1. The first-order chi connectivity index (χ1) is 2.64. The van der Waals surface area contributed by atoms with Crippen molar-refractivity contribution in [3.8, 4) is 0 Å². The van der Waals surface area contributed by atoms with E-state index in [9.17, 15) is 4.79 Å². The molecule has 0 aliphatic carbocycles. The fraction of sp³-hybridized carbons (Fsp3) is 0.750. The molecule has 3 heteroatoms. The van der Waals surface area contributed by atoms with Crippen LogP contribution in [0, 0.1) is 0 Å². The van der Waals surface area contributed by atoms with Crippen LogP contribution in [0.5, 0.6) is 0 Å². The molecular weight excluding hydrogens is 118 g/mol. The third kappa shape index (κ3) is 6.73. The maximum Gasteiger partial charge on any atom is 2.00 e. The van der Waals surface area contributed by atoms with Crippen molar-refractivity contribution in [3.05, 3.63) is 0 Å². The first kappa shape index (κ1) is 10.7. The van der Waals surface area contributed by atoms with Crippen LogP contribution in [0.15, 0.2) is 0 Å². The minimum atomic E-state index is 0.